The number of hydrogen-bond donors (Lipinski definition) is 1. The van der Waals surface area contributed by atoms with Crippen molar-refractivity contribution in [3.05, 3.63) is 97.3 Å². The minimum Gasteiger partial charge on any atom is -0.516 e. The van der Waals surface area contributed by atoms with Crippen LogP contribution in [0, 0.1) is 0 Å². The van der Waals surface area contributed by atoms with Crippen molar-refractivity contribution < 1.29 is 9.84 Å². The number of benzene rings is 1. The number of aliphatic hydroxyl groups excluding tert-OH is 1. The van der Waals surface area contributed by atoms with Crippen LogP contribution in [0.4, 0.5) is 0 Å². The van der Waals surface area contributed by atoms with Crippen molar-refractivity contribution in [2.24, 2.45) is 0 Å². The molecule has 2 rings (SSSR count). The number of rotatable bonds is 4. The highest BCUT2D eigenvalue weighted by atomic mass is 16.5. The van der Waals surface area contributed by atoms with E-state index >= 15 is 0 Å². The average Bonchev–Trinajstić information content (AvgIpc) is 2.51. The van der Waals surface area contributed by atoms with E-state index in [-0.39, 0.29) is 6.71 Å². The Labute approximate surface area is 125 Å². The van der Waals surface area contributed by atoms with Crippen molar-refractivity contribution in [1.82, 2.24) is 0 Å². The van der Waals surface area contributed by atoms with Crippen LogP contribution in [0.2, 0.25) is 0 Å². The summed E-state index contributed by atoms with van der Waals surface area (Å²) in [6, 6.07) is 7.80. The molecular formula is C18H17BO2. The van der Waals surface area contributed by atoms with Gasteiger partial charge in [-0.3, -0.25) is 0 Å². The summed E-state index contributed by atoms with van der Waals surface area (Å²) in [6.45, 7) is 7.25. The topological polar surface area (TPSA) is 29.5 Å². The van der Waals surface area contributed by atoms with Crippen LogP contribution in [0.1, 0.15) is 0 Å². The van der Waals surface area contributed by atoms with Gasteiger partial charge >= 0.3 is 0 Å². The number of para-hydroxylation sites is 1. The molecule has 0 aliphatic carbocycles. The van der Waals surface area contributed by atoms with Gasteiger partial charge in [0.25, 0.3) is 0 Å². The Kier molecular flexibility index (Phi) is 5.05. The second kappa shape index (κ2) is 7.20. The van der Waals surface area contributed by atoms with Crippen LogP contribution in [0.25, 0.3) is 0 Å². The van der Waals surface area contributed by atoms with Gasteiger partial charge in [0.1, 0.15) is 11.5 Å². The number of aliphatic hydroxyl groups is 1. The monoisotopic (exact) mass is 276 g/mol. The van der Waals surface area contributed by atoms with E-state index in [1.54, 1.807) is 18.2 Å². The average molecular weight is 276 g/mol. The molecular weight excluding hydrogens is 259 g/mol. The Hall–Kier alpha value is -2.68. The molecule has 1 aromatic rings. The van der Waals surface area contributed by atoms with Crippen LogP contribution in [-0.2, 0) is 0 Å². The molecule has 1 N–H and O–H groups in total. The fourth-order valence-corrected chi connectivity index (χ4v) is 2.24. The van der Waals surface area contributed by atoms with Gasteiger partial charge in [0.2, 0.25) is 6.71 Å². The third-order valence-corrected chi connectivity index (χ3v) is 3.16. The Morgan fingerprint density at radius 1 is 1.05 bits per heavy atom. The van der Waals surface area contributed by atoms with Crippen LogP contribution in [-0.4, -0.2) is 11.8 Å². The Bertz CT molecular complexity index is 651. The predicted octanol–water partition coefficient (Wildman–Crippen LogP) is 3.67. The Morgan fingerprint density at radius 2 is 1.86 bits per heavy atom. The lowest BCUT2D eigenvalue weighted by atomic mass is 9.39. The maximum absolute atomic E-state index is 9.60. The van der Waals surface area contributed by atoms with Gasteiger partial charge in [0, 0.05) is 5.47 Å². The van der Waals surface area contributed by atoms with Gasteiger partial charge in [-0.25, -0.2) is 0 Å². The van der Waals surface area contributed by atoms with Crippen LogP contribution >= 0.6 is 0 Å². The molecule has 0 unspecified atom stereocenters. The molecule has 0 aromatic heterocycles. The van der Waals surface area contributed by atoms with Gasteiger partial charge in [-0.1, -0.05) is 61.7 Å². The van der Waals surface area contributed by atoms with Gasteiger partial charge in [-0.15, -0.1) is 5.98 Å². The smallest absolute Gasteiger partial charge is 0.247 e. The minimum absolute atomic E-state index is 0.0689. The number of allylic oxidation sites excluding steroid dienone is 7. The quantitative estimate of drug-likeness (QED) is 0.516. The van der Waals surface area contributed by atoms with Gasteiger partial charge in [-0.05, 0) is 17.6 Å². The van der Waals surface area contributed by atoms with E-state index in [2.05, 4.69) is 13.2 Å². The molecule has 0 amide bonds. The number of ether oxygens (including phenoxy) is 1. The molecule has 0 saturated carbocycles. The zero-order valence-corrected chi connectivity index (χ0v) is 11.8. The molecule has 1 heterocycles. The summed E-state index contributed by atoms with van der Waals surface area (Å²) in [5.41, 5.74) is 1.72. The second-order valence-corrected chi connectivity index (χ2v) is 4.47. The molecule has 1 aliphatic rings. The highest BCUT2D eigenvalue weighted by Gasteiger charge is 2.30. The van der Waals surface area contributed by atoms with E-state index in [0.29, 0.717) is 11.2 Å². The molecule has 1 aliphatic heterocycles. The molecule has 0 spiro atoms. The molecule has 1 aromatic carbocycles. The first-order valence-corrected chi connectivity index (χ1v) is 6.71. The van der Waals surface area contributed by atoms with E-state index in [4.69, 9.17) is 4.74 Å². The molecule has 0 atom stereocenters. The summed E-state index contributed by atoms with van der Waals surface area (Å²) in [6.07, 6.45) is 11.9. The van der Waals surface area contributed by atoms with Crippen LogP contribution in [0.5, 0.6) is 5.75 Å². The van der Waals surface area contributed by atoms with Crippen molar-refractivity contribution in [3.8, 4) is 5.75 Å². The van der Waals surface area contributed by atoms with Crippen molar-refractivity contribution in [1.29, 1.82) is 0 Å². The lowest BCUT2D eigenvalue weighted by Crippen LogP contribution is -2.38. The summed E-state index contributed by atoms with van der Waals surface area (Å²) in [4.78, 5) is 0. The highest BCUT2D eigenvalue weighted by Crippen LogP contribution is 2.26. The molecule has 21 heavy (non-hydrogen) atoms. The molecule has 2 nitrogen and oxygen atoms in total. The SMILES string of the molecule is C=C/C=C\C=C\B1C(=C\O)/C(=C\C=C)Oc2ccccc21. The van der Waals surface area contributed by atoms with Gasteiger partial charge in [0.05, 0.1) is 6.26 Å². The zero-order chi connectivity index (χ0) is 15.1. The van der Waals surface area contributed by atoms with Crippen molar-refractivity contribution >= 4 is 12.2 Å². The molecule has 104 valence electrons. The van der Waals surface area contributed by atoms with E-state index in [0.717, 1.165) is 17.5 Å². The predicted molar refractivity (Wildman–Crippen MR) is 89.9 cm³/mol. The van der Waals surface area contributed by atoms with Crippen molar-refractivity contribution in [2.45, 2.75) is 0 Å². The summed E-state index contributed by atoms with van der Waals surface area (Å²) in [5, 5.41) is 9.60. The minimum atomic E-state index is -0.0689. The highest BCUT2D eigenvalue weighted by molar-refractivity contribution is 6.85. The standard InChI is InChI=1S/C18H17BO2/c1-3-5-6-9-13-19-15-11-7-8-12-18(15)21-17(10-4-2)16(19)14-20/h3-14,20H,1-2H2/b6-5-,13-9+,16-14-,17-10+. The zero-order valence-electron chi connectivity index (χ0n) is 11.8. The van der Waals surface area contributed by atoms with E-state index < -0.39 is 0 Å². The molecule has 3 heteroatoms. The lowest BCUT2D eigenvalue weighted by Gasteiger charge is -2.25. The molecule has 0 fully saturated rings. The van der Waals surface area contributed by atoms with E-state index in [9.17, 15) is 5.11 Å². The third-order valence-electron chi connectivity index (χ3n) is 3.16. The van der Waals surface area contributed by atoms with Gasteiger partial charge < -0.3 is 9.84 Å². The summed E-state index contributed by atoms with van der Waals surface area (Å²) >= 11 is 0. The number of hydrogen-bond acceptors (Lipinski definition) is 2. The molecule has 0 bridgehead atoms. The Morgan fingerprint density at radius 3 is 2.57 bits per heavy atom. The summed E-state index contributed by atoms with van der Waals surface area (Å²) in [5.74, 6) is 3.41. The van der Waals surface area contributed by atoms with Crippen molar-refractivity contribution in [2.75, 3.05) is 0 Å². The van der Waals surface area contributed by atoms with E-state index in [1.807, 2.05) is 48.5 Å². The first-order chi connectivity index (χ1) is 10.3. The summed E-state index contributed by atoms with van der Waals surface area (Å²) in [7, 11) is 0. The van der Waals surface area contributed by atoms with Gasteiger partial charge in [0.15, 0.2) is 0 Å². The van der Waals surface area contributed by atoms with Gasteiger partial charge in [-0.2, -0.15) is 0 Å². The molecule has 0 saturated heterocycles. The fourth-order valence-electron chi connectivity index (χ4n) is 2.24. The van der Waals surface area contributed by atoms with Crippen molar-refractivity contribution in [3.63, 3.8) is 0 Å². The van der Waals surface area contributed by atoms with Crippen LogP contribution in [0.3, 0.4) is 0 Å². The van der Waals surface area contributed by atoms with E-state index in [1.165, 1.54) is 0 Å². The summed E-state index contributed by atoms with van der Waals surface area (Å²) < 4.78 is 5.83. The first kappa shape index (κ1) is 14.7. The second-order valence-electron chi connectivity index (χ2n) is 4.47. The fraction of sp³-hybridized carbons (Fsp3) is 0. The normalized spacial score (nSPS) is 18.2. The maximum atomic E-state index is 9.60. The third kappa shape index (κ3) is 3.26. The molecule has 0 radical (unpaired) electrons. The van der Waals surface area contributed by atoms with Crippen LogP contribution in [0.15, 0.2) is 97.3 Å². The number of fused-ring (bicyclic) bond motifs is 1. The Balaban J connectivity index is 2.49. The van der Waals surface area contributed by atoms with Crippen LogP contribution < -0.4 is 10.2 Å². The lowest BCUT2D eigenvalue weighted by molar-refractivity contribution is 0.424. The maximum Gasteiger partial charge on any atom is 0.247 e. The first-order valence-electron chi connectivity index (χ1n) is 6.71. The largest absolute Gasteiger partial charge is 0.516 e.